The molecule has 0 radical (unpaired) electrons. The van der Waals surface area contributed by atoms with Crippen LogP contribution in [0.25, 0.3) is 22.4 Å². The van der Waals surface area contributed by atoms with E-state index in [0.717, 1.165) is 30.4 Å². The predicted molar refractivity (Wildman–Crippen MR) is 99.3 cm³/mol. The maximum atomic E-state index is 6.21. The minimum atomic E-state index is 0.474. The summed E-state index contributed by atoms with van der Waals surface area (Å²) in [5.74, 6) is 0.474. The number of nitrogens with one attached hydrogen (secondary N) is 1. The van der Waals surface area contributed by atoms with E-state index in [1.807, 2.05) is 42.5 Å². The zero-order valence-electron chi connectivity index (χ0n) is 10.7. The SMILES string of the molecule is Nc1n[nH]c(-c2ccc(I)c(Cl)c2)c1-c1ccc(Br)cc1. The lowest BCUT2D eigenvalue weighted by molar-refractivity contribution is 1.10. The number of benzene rings is 2. The van der Waals surface area contributed by atoms with Gasteiger partial charge >= 0.3 is 0 Å². The molecular formula is C15H10BrClIN3. The Morgan fingerprint density at radius 2 is 1.76 bits per heavy atom. The fourth-order valence-corrected chi connectivity index (χ4v) is 2.91. The van der Waals surface area contributed by atoms with Gasteiger partial charge in [-0.3, -0.25) is 5.10 Å². The van der Waals surface area contributed by atoms with Gasteiger partial charge in [0.1, 0.15) is 0 Å². The fraction of sp³-hybridized carbons (Fsp3) is 0. The first-order chi connectivity index (χ1) is 10.1. The molecule has 21 heavy (non-hydrogen) atoms. The fourth-order valence-electron chi connectivity index (χ4n) is 2.13. The van der Waals surface area contributed by atoms with E-state index in [-0.39, 0.29) is 0 Å². The Labute approximate surface area is 149 Å². The van der Waals surface area contributed by atoms with E-state index in [1.165, 1.54) is 0 Å². The van der Waals surface area contributed by atoms with E-state index in [2.05, 4.69) is 48.7 Å². The average Bonchev–Trinajstić information content (AvgIpc) is 2.85. The largest absolute Gasteiger partial charge is 0.382 e. The molecule has 106 valence electrons. The first kappa shape index (κ1) is 14.9. The van der Waals surface area contributed by atoms with Gasteiger partial charge in [0.15, 0.2) is 5.82 Å². The number of H-pyrrole nitrogens is 1. The molecule has 0 aliphatic heterocycles. The molecule has 0 aliphatic rings. The summed E-state index contributed by atoms with van der Waals surface area (Å²) in [6, 6.07) is 13.9. The second kappa shape index (κ2) is 5.98. The number of rotatable bonds is 2. The highest BCUT2D eigenvalue weighted by Crippen LogP contribution is 2.36. The molecule has 0 amide bonds. The lowest BCUT2D eigenvalue weighted by Crippen LogP contribution is -1.89. The molecule has 0 atom stereocenters. The standard InChI is InChI=1S/C15H10BrClIN3/c16-10-4-1-8(2-5-10)13-14(20-21-15(13)19)9-3-6-12(18)11(17)7-9/h1-7H,(H3,19,20,21). The van der Waals surface area contributed by atoms with E-state index < -0.39 is 0 Å². The Morgan fingerprint density at radius 3 is 2.43 bits per heavy atom. The number of hydrogen-bond donors (Lipinski definition) is 2. The third-order valence-electron chi connectivity index (χ3n) is 3.14. The van der Waals surface area contributed by atoms with Crippen molar-refractivity contribution in [3.8, 4) is 22.4 Å². The van der Waals surface area contributed by atoms with Crippen molar-refractivity contribution >= 4 is 55.9 Å². The highest BCUT2D eigenvalue weighted by Gasteiger charge is 2.15. The lowest BCUT2D eigenvalue weighted by atomic mass is 10.0. The quantitative estimate of drug-likeness (QED) is 0.492. The number of aromatic nitrogens is 2. The number of hydrogen-bond acceptors (Lipinski definition) is 2. The summed E-state index contributed by atoms with van der Waals surface area (Å²) in [4.78, 5) is 0. The van der Waals surface area contributed by atoms with Crippen LogP contribution >= 0.6 is 50.1 Å². The normalized spacial score (nSPS) is 10.8. The molecule has 1 aromatic heterocycles. The first-order valence-electron chi connectivity index (χ1n) is 6.11. The Hall–Kier alpha value is -1.05. The van der Waals surface area contributed by atoms with Crippen LogP contribution in [0.5, 0.6) is 0 Å². The number of nitrogens with two attached hydrogens (primary N) is 1. The minimum absolute atomic E-state index is 0.474. The van der Waals surface area contributed by atoms with Gasteiger partial charge in [-0.25, -0.2) is 0 Å². The van der Waals surface area contributed by atoms with E-state index in [4.69, 9.17) is 17.3 Å². The van der Waals surface area contributed by atoms with Gasteiger partial charge in [-0.15, -0.1) is 0 Å². The Morgan fingerprint density at radius 1 is 1.10 bits per heavy atom. The van der Waals surface area contributed by atoms with Gasteiger partial charge in [-0.05, 0) is 52.4 Å². The van der Waals surface area contributed by atoms with Gasteiger partial charge in [-0.1, -0.05) is 45.7 Å². The third kappa shape index (κ3) is 2.95. The molecule has 2 aromatic carbocycles. The van der Waals surface area contributed by atoms with Crippen LogP contribution in [-0.2, 0) is 0 Å². The Kier molecular flexibility index (Phi) is 4.24. The molecule has 3 nitrogen and oxygen atoms in total. The van der Waals surface area contributed by atoms with Gasteiger partial charge in [0, 0.05) is 13.6 Å². The molecule has 0 spiro atoms. The monoisotopic (exact) mass is 473 g/mol. The first-order valence-corrected chi connectivity index (χ1v) is 8.36. The smallest absolute Gasteiger partial charge is 0.153 e. The van der Waals surface area contributed by atoms with Crippen LogP contribution < -0.4 is 5.73 Å². The Balaban J connectivity index is 2.16. The van der Waals surface area contributed by atoms with Crippen LogP contribution in [0.4, 0.5) is 5.82 Å². The summed E-state index contributed by atoms with van der Waals surface area (Å²) >= 11 is 11.8. The second-order valence-electron chi connectivity index (χ2n) is 4.49. The van der Waals surface area contributed by atoms with E-state index in [0.29, 0.717) is 10.8 Å². The van der Waals surface area contributed by atoms with Crippen molar-refractivity contribution in [2.24, 2.45) is 0 Å². The summed E-state index contributed by atoms with van der Waals surface area (Å²) in [5.41, 5.74) is 9.75. The number of nitrogens with zero attached hydrogens (tertiary/aromatic N) is 1. The molecule has 1 heterocycles. The zero-order valence-corrected chi connectivity index (χ0v) is 15.2. The summed E-state index contributed by atoms with van der Waals surface area (Å²) in [7, 11) is 0. The zero-order chi connectivity index (χ0) is 15.0. The van der Waals surface area contributed by atoms with Gasteiger partial charge in [-0.2, -0.15) is 5.10 Å². The van der Waals surface area contributed by atoms with Crippen molar-refractivity contribution in [2.75, 3.05) is 5.73 Å². The highest BCUT2D eigenvalue weighted by atomic mass is 127. The van der Waals surface area contributed by atoms with Crippen LogP contribution in [0.1, 0.15) is 0 Å². The second-order valence-corrected chi connectivity index (χ2v) is 6.98. The number of halogens is 3. The summed E-state index contributed by atoms with van der Waals surface area (Å²) in [5, 5.41) is 7.85. The van der Waals surface area contributed by atoms with Crippen LogP contribution in [-0.4, -0.2) is 10.2 Å². The minimum Gasteiger partial charge on any atom is -0.382 e. The number of anilines is 1. The molecule has 0 bridgehead atoms. The molecule has 3 N–H and O–H groups in total. The maximum absolute atomic E-state index is 6.21. The molecular weight excluding hydrogens is 464 g/mol. The van der Waals surface area contributed by atoms with Crippen molar-refractivity contribution in [1.29, 1.82) is 0 Å². The van der Waals surface area contributed by atoms with Crippen molar-refractivity contribution in [3.63, 3.8) is 0 Å². The van der Waals surface area contributed by atoms with Gasteiger partial charge in [0.05, 0.1) is 16.3 Å². The molecule has 0 saturated heterocycles. The van der Waals surface area contributed by atoms with E-state index >= 15 is 0 Å². The third-order valence-corrected chi connectivity index (χ3v) is 5.24. The average molecular weight is 475 g/mol. The predicted octanol–water partition coefficient (Wildman–Crippen LogP) is 5.35. The Bertz CT molecular complexity index is 799. The van der Waals surface area contributed by atoms with Gasteiger partial charge < -0.3 is 5.73 Å². The summed E-state index contributed by atoms with van der Waals surface area (Å²) in [6.07, 6.45) is 0. The van der Waals surface area contributed by atoms with Crippen molar-refractivity contribution in [1.82, 2.24) is 10.2 Å². The molecule has 6 heteroatoms. The molecule has 0 fully saturated rings. The van der Waals surface area contributed by atoms with Crippen LogP contribution in [0.2, 0.25) is 5.02 Å². The van der Waals surface area contributed by atoms with Crippen molar-refractivity contribution in [2.45, 2.75) is 0 Å². The van der Waals surface area contributed by atoms with Gasteiger partial charge in [0.2, 0.25) is 0 Å². The molecule has 0 unspecified atom stereocenters. The summed E-state index contributed by atoms with van der Waals surface area (Å²) in [6.45, 7) is 0. The maximum Gasteiger partial charge on any atom is 0.153 e. The van der Waals surface area contributed by atoms with Gasteiger partial charge in [0.25, 0.3) is 0 Å². The molecule has 0 aliphatic carbocycles. The summed E-state index contributed by atoms with van der Waals surface area (Å²) < 4.78 is 2.03. The van der Waals surface area contributed by atoms with Crippen molar-refractivity contribution < 1.29 is 0 Å². The van der Waals surface area contributed by atoms with E-state index in [1.54, 1.807) is 0 Å². The molecule has 0 saturated carbocycles. The van der Waals surface area contributed by atoms with Crippen LogP contribution in [0, 0.1) is 3.57 Å². The number of nitrogen functional groups attached to an aromatic ring is 1. The highest BCUT2D eigenvalue weighted by molar-refractivity contribution is 14.1. The van der Waals surface area contributed by atoms with Crippen LogP contribution in [0.3, 0.4) is 0 Å². The van der Waals surface area contributed by atoms with Crippen LogP contribution in [0.15, 0.2) is 46.9 Å². The number of aromatic amines is 1. The van der Waals surface area contributed by atoms with E-state index in [9.17, 15) is 0 Å². The van der Waals surface area contributed by atoms with Crippen molar-refractivity contribution in [3.05, 3.63) is 55.5 Å². The topological polar surface area (TPSA) is 54.7 Å². The molecule has 3 rings (SSSR count). The molecule has 3 aromatic rings. The lowest BCUT2D eigenvalue weighted by Gasteiger charge is -2.06.